The van der Waals surface area contributed by atoms with Crippen LogP contribution in [0.2, 0.25) is 0 Å². The Morgan fingerprint density at radius 3 is 2.62 bits per heavy atom. The van der Waals surface area contributed by atoms with Crippen molar-refractivity contribution in [1.82, 2.24) is 10.2 Å². The van der Waals surface area contributed by atoms with Gasteiger partial charge in [0.1, 0.15) is 0 Å². The molecule has 4 heteroatoms. The molecule has 1 aromatic rings. The van der Waals surface area contributed by atoms with Gasteiger partial charge in [0.2, 0.25) is 0 Å². The van der Waals surface area contributed by atoms with Gasteiger partial charge in [0.15, 0.2) is 0 Å². The third kappa shape index (κ3) is 5.30. The summed E-state index contributed by atoms with van der Waals surface area (Å²) in [6.45, 7) is 5.24. The number of halogens is 2. The standard InChI is InChI=1S/C12H19BrN2.ClH/c1-10-8-11(4-5-12(10)13)9-15(3)7-6-14-2;/h4-5,8,14H,6-7,9H2,1-3H3;1H. The lowest BCUT2D eigenvalue weighted by Crippen LogP contribution is -2.26. The van der Waals surface area contributed by atoms with Crippen molar-refractivity contribution >= 4 is 28.3 Å². The van der Waals surface area contributed by atoms with Crippen molar-refractivity contribution in [3.05, 3.63) is 33.8 Å². The van der Waals surface area contributed by atoms with Crippen LogP contribution < -0.4 is 5.32 Å². The van der Waals surface area contributed by atoms with Gasteiger partial charge in [0.25, 0.3) is 0 Å². The van der Waals surface area contributed by atoms with Crippen molar-refractivity contribution < 1.29 is 0 Å². The lowest BCUT2D eigenvalue weighted by molar-refractivity contribution is 0.328. The van der Waals surface area contributed by atoms with Crippen molar-refractivity contribution in [3.63, 3.8) is 0 Å². The Balaban J connectivity index is 0.00000225. The average molecular weight is 308 g/mol. The Bertz CT molecular complexity index is 318. The van der Waals surface area contributed by atoms with Gasteiger partial charge < -0.3 is 10.2 Å². The van der Waals surface area contributed by atoms with Crippen LogP contribution in [0.1, 0.15) is 11.1 Å². The van der Waals surface area contributed by atoms with Gasteiger partial charge in [-0.2, -0.15) is 0 Å². The summed E-state index contributed by atoms with van der Waals surface area (Å²) in [4.78, 5) is 2.32. The first-order valence-corrected chi connectivity index (χ1v) is 6.01. The molecule has 0 bridgehead atoms. The SMILES string of the molecule is CNCCN(C)Cc1ccc(Br)c(C)c1.Cl. The molecule has 0 aromatic heterocycles. The molecule has 0 aliphatic carbocycles. The highest BCUT2D eigenvalue weighted by molar-refractivity contribution is 9.10. The molecule has 1 aromatic carbocycles. The number of hydrogen-bond donors (Lipinski definition) is 1. The van der Waals surface area contributed by atoms with E-state index in [9.17, 15) is 0 Å². The van der Waals surface area contributed by atoms with Gasteiger partial charge in [0, 0.05) is 24.1 Å². The van der Waals surface area contributed by atoms with Gasteiger partial charge in [-0.15, -0.1) is 12.4 Å². The molecule has 0 aliphatic rings. The minimum Gasteiger partial charge on any atom is -0.318 e. The molecule has 0 saturated carbocycles. The van der Waals surface area contributed by atoms with Crippen LogP contribution in [0.4, 0.5) is 0 Å². The summed E-state index contributed by atoms with van der Waals surface area (Å²) in [6.07, 6.45) is 0. The Labute approximate surface area is 113 Å². The van der Waals surface area contributed by atoms with Gasteiger partial charge in [-0.05, 0) is 38.2 Å². The minimum absolute atomic E-state index is 0. The first kappa shape index (κ1) is 15.9. The molecule has 0 radical (unpaired) electrons. The van der Waals surface area contributed by atoms with E-state index in [-0.39, 0.29) is 12.4 Å². The van der Waals surface area contributed by atoms with Gasteiger partial charge in [-0.3, -0.25) is 0 Å². The molecule has 1 N–H and O–H groups in total. The van der Waals surface area contributed by atoms with Gasteiger partial charge in [-0.25, -0.2) is 0 Å². The van der Waals surface area contributed by atoms with E-state index < -0.39 is 0 Å². The molecule has 2 nitrogen and oxygen atoms in total. The first-order valence-electron chi connectivity index (χ1n) is 5.21. The summed E-state index contributed by atoms with van der Waals surface area (Å²) >= 11 is 3.51. The van der Waals surface area contributed by atoms with E-state index in [0.717, 1.165) is 19.6 Å². The van der Waals surface area contributed by atoms with E-state index in [1.165, 1.54) is 15.6 Å². The van der Waals surface area contributed by atoms with Crippen LogP contribution in [0.5, 0.6) is 0 Å². The van der Waals surface area contributed by atoms with Crippen LogP contribution in [0.3, 0.4) is 0 Å². The molecule has 0 unspecified atom stereocenters. The summed E-state index contributed by atoms with van der Waals surface area (Å²) < 4.78 is 1.18. The van der Waals surface area contributed by atoms with Crippen LogP contribution in [-0.4, -0.2) is 32.1 Å². The third-order valence-corrected chi connectivity index (χ3v) is 3.31. The predicted octanol–water partition coefficient (Wildman–Crippen LogP) is 2.83. The number of benzene rings is 1. The summed E-state index contributed by atoms with van der Waals surface area (Å²) in [5.41, 5.74) is 2.67. The van der Waals surface area contributed by atoms with Crippen LogP contribution in [0.15, 0.2) is 22.7 Å². The third-order valence-electron chi connectivity index (χ3n) is 2.42. The fraction of sp³-hybridized carbons (Fsp3) is 0.500. The van der Waals surface area contributed by atoms with Crippen molar-refractivity contribution in [1.29, 1.82) is 0 Å². The van der Waals surface area contributed by atoms with Crippen LogP contribution in [-0.2, 0) is 6.54 Å². The lowest BCUT2D eigenvalue weighted by Gasteiger charge is -2.16. The molecule has 0 spiro atoms. The molecular formula is C12H20BrClN2. The van der Waals surface area contributed by atoms with Crippen molar-refractivity contribution in [3.8, 4) is 0 Å². The molecule has 0 heterocycles. The van der Waals surface area contributed by atoms with Crippen LogP contribution in [0, 0.1) is 6.92 Å². The molecule has 0 saturated heterocycles. The van der Waals surface area contributed by atoms with Crippen molar-refractivity contribution in [2.24, 2.45) is 0 Å². The maximum atomic E-state index is 3.51. The van der Waals surface area contributed by atoms with E-state index in [4.69, 9.17) is 0 Å². The number of nitrogens with zero attached hydrogens (tertiary/aromatic N) is 1. The number of rotatable bonds is 5. The normalized spacial score (nSPS) is 10.3. The summed E-state index contributed by atoms with van der Waals surface area (Å²) in [5, 5.41) is 3.16. The van der Waals surface area contributed by atoms with Crippen molar-refractivity contribution in [2.45, 2.75) is 13.5 Å². The van der Waals surface area contributed by atoms with E-state index in [0.29, 0.717) is 0 Å². The number of hydrogen-bond acceptors (Lipinski definition) is 2. The molecule has 92 valence electrons. The molecule has 1 rings (SSSR count). The van der Waals surface area contributed by atoms with E-state index >= 15 is 0 Å². The average Bonchev–Trinajstić information content (AvgIpc) is 2.20. The van der Waals surface area contributed by atoms with Gasteiger partial charge in [0.05, 0.1) is 0 Å². The maximum Gasteiger partial charge on any atom is 0.0231 e. The van der Waals surface area contributed by atoms with Crippen LogP contribution >= 0.6 is 28.3 Å². The Morgan fingerprint density at radius 2 is 2.06 bits per heavy atom. The minimum atomic E-state index is 0. The molecule has 0 fully saturated rings. The monoisotopic (exact) mass is 306 g/mol. The zero-order chi connectivity index (χ0) is 11.3. The zero-order valence-electron chi connectivity index (χ0n) is 10.1. The number of likely N-dealkylation sites (N-methyl/N-ethyl adjacent to an activating group) is 2. The van der Waals surface area contributed by atoms with Crippen molar-refractivity contribution in [2.75, 3.05) is 27.2 Å². The highest BCUT2D eigenvalue weighted by atomic mass is 79.9. The second-order valence-electron chi connectivity index (χ2n) is 3.92. The molecule has 0 atom stereocenters. The second kappa shape index (κ2) is 8.07. The summed E-state index contributed by atoms with van der Waals surface area (Å²) in [7, 11) is 4.13. The van der Waals surface area contributed by atoms with E-state index in [1.54, 1.807) is 0 Å². The largest absolute Gasteiger partial charge is 0.318 e. The Kier molecular flexibility index (Phi) is 8.02. The summed E-state index contributed by atoms with van der Waals surface area (Å²) in [6, 6.07) is 6.53. The van der Waals surface area contributed by atoms with Crippen LogP contribution in [0.25, 0.3) is 0 Å². The smallest absolute Gasteiger partial charge is 0.0231 e. The fourth-order valence-corrected chi connectivity index (χ4v) is 1.75. The predicted molar refractivity (Wildman–Crippen MR) is 76.4 cm³/mol. The Hall–Kier alpha value is -0.0900. The maximum absolute atomic E-state index is 3.51. The number of nitrogens with one attached hydrogen (secondary N) is 1. The molecule has 0 amide bonds. The van der Waals surface area contributed by atoms with E-state index in [2.05, 4.69) is 58.3 Å². The molecular weight excluding hydrogens is 288 g/mol. The zero-order valence-corrected chi connectivity index (χ0v) is 12.5. The summed E-state index contributed by atoms with van der Waals surface area (Å²) in [5.74, 6) is 0. The lowest BCUT2D eigenvalue weighted by atomic mass is 10.1. The number of aryl methyl sites for hydroxylation is 1. The quantitative estimate of drug-likeness (QED) is 0.900. The topological polar surface area (TPSA) is 15.3 Å². The highest BCUT2D eigenvalue weighted by Gasteiger charge is 2.01. The molecule has 0 aliphatic heterocycles. The second-order valence-corrected chi connectivity index (χ2v) is 4.78. The highest BCUT2D eigenvalue weighted by Crippen LogP contribution is 2.17. The van der Waals surface area contributed by atoms with Gasteiger partial charge in [-0.1, -0.05) is 28.1 Å². The van der Waals surface area contributed by atoms with E-state index in [1.807, 2.05) is 7.05 Å². The fourth-order valence-electron chi connectivity index (χ4n) is 1.50. The Morgan fingerprint density at radius 1 is 1.38 bits per heavy atom. The van der Waals surface area contributed by atoms with Gasteiger partial charge >= 0.3 is 0 Å². The first-order chi connectivity index (χ1) is 7.13. The molecule has 16 heavy (non-hydrogen) atoms.